The Kier molecular flexibility index (Phi) is 4.77. The first-order chi connectivity index (χ1) is 9.13. The van der Waals surface area contributed by atoms with Crippen LogP contribution in [0.1, 0.15) is 19.8 Å². The normalized spacial score (nSPS) is 22.3. The molecule has 1 aromatic rings. The Bertz CT molecular complexity index is 439. The molecule has 106 valence electrons. The summed E-state index contributed by atoms with van der Waals surface area (Å²) in [6.07, 6.45) is 2.80. The molecule has 0 radical (unpaired) electrons. The molecule has 19 heavy (non-hydrogen) atoms. The average molecular weight is 286 g/mol. The third-order valence-corrected chi connectivity index (χ3v) is 3.63. The van der Waals surface area contributed by atoms with Crippen molar-refractivity contribution in [3.8, 4) is 11.5 Å². The van der Waals surface area contributed by atoms with Crippen LogP contribution in [0.15, 0.2) is 12.1 Å². The summed E-state index contributed by atoms with van der Waals surface area (Å²) < 4.78 is 16.2. The molecule has 0 aromatic heterocycles. The van der Waals surface area contributed by atoms with Crippen LogP contribution in [0.4, 0.5) is 5.69 Å². The summed E-state index contributed by atoms with van der Waals surface area (Å²) in [7, 11) is 3.20. The van der Waals surface area contributed by atoms with E-state index >= 15 is 0 Å². The van der Waals surface area contributed by atoms with Crippen LogP contribution in [0.25, 0.3) is 0 Å². The van der Waals surface area contributed by atoms with Crippen molar-refractivity contribution in [2.45, 2.75) is 32.0 Å². The molecule has 4 nitrogen and oxygen atoms in total. The molecule has 2 unspecified atom stereocenters. The second-order valence-electron chi connectivity index (χ2n) is 4.71. The summed E-state index contributed by atoms with van der Waals surface area (Å²) in [5, 5.41) is 3.92. The molecule has 0 amide bonds. The lowest BCUT2D eigenvalue weighted by Crippen LogP contribution is -2.19. The van der Waals surface area contributed by atoms with Crippen molar-refractivity contribution in [1.29, 1.82) is 0 Å². The summed E-state index contributed by atoms with van der Waals surface area (Å²) in [6.45, 7) is 2.85. The van der Waals surface area contributed by atoms with E-state index in [0.29, 0.717) is 22.6 Å². The highest BCUT2D eigenvalue weighted by Crippen LogP contribution is 2.36. The molecule has 0 spiro atoms. The lowest BCUT2D eigenvalue weighted by atomic mass is 10.2. The standard InChI is InChI=1S/C14H20ClNO3/c1-9-4-5-10(19-9)8-16-12-7-14(18-3)13(17-2)6-11(12)15/h6-7,9-10,16H,4-5,8H2,1-3H3. The fourth-order valence-corrected chi connectivity index (χ4v) is 2.47. The Morgan fingerprint density at radius 1 is 1.26 bits per heavy atom. The Balaban J connectivity index is 2.03. The molecule has 1 aliphatic heterocycles. The van der Waals surface area contributed by atoms with Gasteiger partial charge in [0, 0.05) is 18.7 Å². The van der Waals surface area contributed by atoms with E-state index in [-0.39, 0.29) is 6.10 Å². The molecule has 1 fully saturated rings. The molecule has 1 aliphatic rings. The highest BCUT2D eigenvalue weighted by Gasteiger charge is 2.21. The van der Waals surface area contributed by atoms with Crippen molar-refractivity contribution < 1.29 is 14.2 Å². The fourth-order valence-electron chi connectivity index (χ4n) is 2.25. The summed E-state index contributed by atoms with van der Waals surface area (Å²) in [6, 6.07) is 3.60. The summed E-state index contributed by atoms with van der Waals surface area (Å²) in [5.41, 5.74) is 0.836. The van der Waals surface area contributed by atoms with Crippen molar-refractivity contribution in [3.63, 3.8) is 0 Å². The van der Waals surface area contributed by atoms with Crippen molar-refractivity contribution in [1.82, 2.24) is 0 Å². The molecule has 2 rings (SSSR count). The largest absolute Gasteiger partial charge is 0.493 e. The number of hydrogen-bond acceptors (Lipinski definition) is 4. The maximum atomic E-state index is 6.21. The van der Waals surface area contributed by atoms with Crippen LogP contribution >= 0.6 is 11.6 Å². The Labute approximate surface area is 119 Å². The third-order valence-electron chi connectivity index (χ3n) is 3.31. The predicted molar refractivity (Wildman–Crippen MR) is 76.6 cm³/mol. The molecule has 1 heterocycles. The monoisotopic (exact) mass is 285 g/mol. The van der Waals surface area contributed by atoms with Gasteiger partial charge in [0.25, 0.3) is 0 Å². The van der Waals surface area contributed by atoms with Gasteiger partial charge in [0.2, 0.25) is 0 Å². The van der Waals surface area contributed by atoms with E-state index in [0.717, 1.165) is 25.1 Å². The van der Waals surface area contributed by atoms with Gasteiger partial charge in [-0.1, -0.05) is 11.6 Å². The van der Waals surface area contributed by atoms with Gasteiger partial charge in [-0.05, 0) is 19.8 Å². The lowest BCUT2D eigenvalue weighted by Gasteiger charge is -2.16. The number of hydrogen-bond donors (Lipinski definition) is 1. The van der Waals surface area contributed by atoms with E-state index in [1.54, 1.807) is 20.3 Å². The summed E-state index contributed by atoms with van der Waals surface area (Å²) in [4.78, 5) is 0. The van der Waals surface area contributed by atoms with Gasteiger partial charge in [-0.2, -0.15) is 0 Å². The molecule has 1 N–H and O–H groups in total. The number of benzene rings is 1. The van der Waals surface area contributed by atoms with Gasteiger partial charge < -0.3 is 19.5 Å². The summed E-state index contributed by atoms with van der Waals surface area (Å²) >= 11 is 6.21. The van der Waals surface area contributed by atoms with Crippen molar-refractivity contribution in [2.75, 3.05) is 26.1 Å². The van der Waals surface area contributed by atoms with Crippen molar-refractivity contribution >= 4 is 17.3 Å². The quantitative estimate of drug-likeness (QED) is 0.901. The van der Waals surface area contributed by atoms with Crippen LogP contribution in [-0.2, 0) is 4.74 Å². The van der Waals surface area contributed by atoms with E-state index in [2.05, 4.69) is 12.2 Å². The zero-order chi connectivity index (χ0) is 13.8. The zero-order valence-electron chi connectivity index (χ0n) is 11.5. The molecule has 1 aromatic carbocycles. The minimum absolute atomic E-state index is 0.249. The number of halogens is 1. The first-order valence-electron chi connectivity index (χ1n) is 6.45. The fraction of sp³-hybridized carbons (Fsp3) is 0.571. The maximum absolute atomic E-state index is 6.21. The molecule has 5 heteroatoms. The second-order valence-corrected chi connectivity index (χ2v) is 5.12. The topological polar surface area (TPSA) is 39.7 Å². The Hall–Kier alpha value is -1.13. The van der Waals surface area contributed by atoms with Gasteiger partial charge in [0.15, 0.2) is 11.5 Å². The molecule has 1 saturated heterocycles. The third kappa shape index (κ3) is 3.45. The zero-order valence-corrected chi connectivity index (χ0v) is 12.3. The number of ether oxygens (including phenoxy) is 3. The molecular formula is C14H20ClNO3. The molecule has 0 saturated carbocycles. The average Bonchev–Trinajstić information content (AvgIpc) is 2.82. The lowest BCUT2D eigenvalue weighted by molar-refractivity contribution is 0.0637. The Morgan fingerprint density at radius 2 is 1.95 bits per heavy atom. The molecule has 2 atom stereocenters. The van der Waals surface area contributed by atoms with Gasteiger partial charge in [0.1, 0.15) is 0 Å². The minimum Gasteiger partial charge on any atom is -0.493 e. The van der Waals surface area contributed by atoms with Gasteiger partial charge in [-0.25, -0.2) is 0 Å². The van der Waals surface area contributed by atoms with Crippen LogP contribution in [0.3, 0.4) is 0 Å². The number of methoxy groups -OCH3 is 2. The Morgan fingerprint density at radius 3 is 2.53 bits per heavy atom. The molecular weight excluding hydrogens is 266 g/mol. The van der Waals surface area contributed by atoms with Crippen LogP contribution in [0, 0.1) is 0 Å². The smallest absolute Gasteiger partial charge is 0.162 e. The second kappa shape index (κ2) is 6.35. The summed E-state index contributed by atoms with van der Waals surface area (Å²) in [5.74, 6) is 1.29. The van der Waals surface area contributed by atoms with Crippen molar-refractivity contribution in [3.05, 3.63) is 17.2 Å². The predicted octanol–water partition coefficient (Wildman–Crippen LogP) is 3.34. The van der Waals surface area contributed by atoms with Gasteiger partial charge in [-0.3, -0.25) is 0 Å². The maximum Gasteiger partial charge on any atom is 0.162 e. The van der Waals surface area contributed by atoms with E-state index in [4.69, 9.17) is 25.8 Å². The van der Waals surface area contributed by atoms with Gasteiger partial charge in [0.05, 0.1) is 37.1 Å². The highest BCUT2D eigenvalue weighted by atomic mass is 35.5. The number of rotatable bonds is 5. The number of anilines is 1. The van der Waals surface area contributed by atoms with Crippen LogP contribution in [-0.4, -0.2) is 33.0 Å². The highest BCUT2D eigenvalue weighted by molar-refractivity contribution is 6.33. The molecule has 0 bridgehead atoms. The van der Waals surface area contributed by atoms with Gasteiger partial charge in [-0.15, -0.1) is 0 Å². The molecule has 0 aliphatic carbocycles. The van der Waals surface area contributed by atoms with E-state index < -0.39 is 0 Å². The van der Waals surface area contributed by atoms with Crippen LogP contribution in [0.2, 0.25) is 5.02 Å². The van der Waals surface area contributed by atoms with Gasteiger partial charge >= 0.3 is 0 Å². The van der Waals surface area contributed by atoms with Crippen molar-refractivity contribution in [2.24, 2.45) is 0 Å². The van der Waals surface area contributed by atoms with E-state index in [1.807, 2.05) is 6.07 Å². The SMILES string of the molecule is COc1cc(Cl)c(NCC2CCC(C)O2)cc1OC. The number of nitrogens with one attached hydrogen (secondary N) is 1. The van der Waals surface area contributed by atoms with E-state index in [9.17, 15) is 0 Å². The first-order valence-corrected chi connectivity index (χ1v) is 6.82. The van der Waals surface area contributed by atoms with Crippen LogP contribution in [0.5, 0.6) is 11.5 Å². The van der Waals surface area contributed by atoms with Crippen LogP contribution < -0.4 is 14.8 Å². The first kappa shape index (κ1) is 14.3. The van der Waals surface area contributed by atoms with E-state index in [1.165, 1.54) is 0 Å². The minimum atomic E-state index is 0.249.